The highest BCUT2D eigenvalue weighted by atomic mass is 19.1. The van der Waals surface area contributed by atoms with Gasteiger partial charge < -0.3 is 10.4 Å². The second kappa shape index (κ2) is 9.14. The van der Waals surface area contributed by atoms with E-state index in [1.807, 2.05) is 25.3 Å². The van der Waals surface area contributed by atoms with Crippen molar-refractivity contribution >= 4 is 17.1 Å². The lowest BCUT2D eigenvalue weighted by atomic mass is 10.1. The summed E-state index contributed by atoms with van der Waals surface area (Å²) in [5.41, 5.74) is 4.72. The Labute approximate surface area is 216 Å². The van der Waals surface area contributed by atoms with E-state index in [2.05, 4.69) is 30.9 Å². The first kappa shape index (κ1) is 23.9. The number of hydrogen-bond acceptors (Lipinski definition) is 7. The number of aromatic nitrogens is 8. The summed E-state index contributed by atoms with van der Waals surface area (Å²) in [6.07, 6.45) is 6.60. The van der Waals surface area contributed by atoms with Crippen molar-refractivity contribution in [1.82, 2.24) is 39.6 Å². The monoisotopic (exact) mass is 515 g/mol. The third kappa shape index (κ3) is 4.43. The normalized spacial score (nSPS) is 14.2. The second-order valence-electron chi connectivity index (χ2n) is 9.77. The van der Waals surface area contributed by atoms with Gasteiger partial charge in [-0.05, 0) is 74.2 Å². The third-order valence-electron chi connectivity index (χ3n) is 6.58. The molecule has 1 aliphatic rings. The van der Waals surface area contributed by atoms with E-state index in [1.165, 1.54) is 23.1 Å². The van der Waals surface area contributed by atoms with Crippen molar-refractivity contribution in [3.8, 4) is 22.5 Å². The summed E-state index contributed by atoms with van der Waals surface area (Å²) in [4.78, 5) is 14.9. The number of carbonyl (C=O) groups is 1. The topological polar surface area (TPSA) is 128 Å². The van der Waals surface area contributed by atoms with E-state index in [0.29, 0.717) is 28.9 Å². The number of halogens is 1. The number of amides is 1. The minimum absolute atomic E-state index is 0.171. The molecule has 0 bridgehead atoms. The smallest absolute Gasteiger partial charge is 0.259 e. The highest BCUT2D eigenvalue weighted by Crippen LogP contribution is 2.34. The molecule has 194 valence electrons. The van der Waals surface area contributed by atoms with Gasteiger partial charge in [0.15, 0.2) is 0 Å². The van der Waals surface area contributed by atoms with Gasteiger partial charge in [-0.1, -0.05) is 0 Å². The zero-order valence-corrected chi connectivity index (χ0v) is 21.1. The molecule has 5 aromatic rings. The molecule has 1 fully saturated rings. The molecule has 38 heavy (non-hydrogen) atoms. The molecule has 12 heteroatoms. The van der Waals surface area contributed by atoms with Crippen LogP contribution < -0.4 is 5.32 Å². The molecular weight excluding hydrogens is 489 g/mol. The fraction of sp³-hybridized carbons (Fsp3) is 0.308. The van der Waals surface area contributed by atoms with Gasteiger partial charge in [-0.15, -0.1) is 10.2 Å². The van der Waals surface area contributed by atoms with Crippen LogP contribution in [0, 0.1) is 19.7 Å². The number of aryl methyl sites for hydroxylation is 2. The summed E-state index contributed by atoms with van der Waals surface area (Å²) in [5.74, 6) is -0.686. The molecule has 1 aliphatic carbocycles. The van der Waals surface area contributed by atoms with E-state index in [9.17, 15) is 14.3 Å². The number of nitrogens with zero attached hydrogens (tertiary/aromatic N) is 8. The fourth-order valence-electron chi connectivity index (χ4n) is 4.45. The number of aliphatic hydroxyl groups excluding tert-OH is 1. The Kier molecular flexibility index (Phi) is 5.75. The summed E-state index contributed by atoms with van der Waals surface area (Å²) in [5, 5.41) is 33.8. The van der Waals surface area contributed by atoms with E-state index in [1.54, 1.807) is 29.2 Å². The molecule has 1 unspecified atom stereocenters. The maximum absolute atomic E-state index is 14.8. The Morgan fingerprint density at radius 1 is 1.21 bits per heavy atom. The van der Waals surface area contributed by atoms with Crippen LogP contribution in [0.25, 0.3) is 28.0 Å². The van der Waals surface area contributed by atoms with E-state index in [4.69, 9.17) is 0 Å². The first-order valence-electron chi connectivity index (χ1n) is 12.4. The SMILES string of the molecule is Cc1cc(F)c(-c2nnn(C3CC3)n2)cc1NC(=O)c1cnn2ccc(-c3cn(CC(C)O)nc3C)cc12. The molecule has 11 nitrogen and oxygen atoms in total. The van der Waals surface area contributed by atoms with Gasteiger partial charge in [0.1, 0.15) is 5.82 Å². The van der Waals surface area contributed by atoms with Crippen LogP contribution in [0.1, 0.15) is 47.4 Å². The predicted octanol–water partition coefficient (Wildman–Crippen LogP) is 3.58. The minimum Gasteiger partial charge on any atom is -0.391 e. The number of carbonyl (C=O) groups excluding carboxylic acids is 1. The highest BCUT2D eigenvalue weighted by Gasteiger charge is 2.27. The van der Waals surface area contributed by atoms with E-state index in [0.717, 1.165) is 29.7 Å². The summed E-state index contributed by atoms with van der Waals surface area (Å²) in [6, 6.07) is 6.89. The van der Waals surface area contributed by atoms with Crippen molar-refractivity contribution in [2.45, 2.75) is 52.3 Å². The van der Waals surface area contributed by atoms with E-state index >= 15 is 0 Å². The Bertz CT molecular complexity index is 1680. The molecule has 1 amide bonds. The van der Waals surface area contributed by atoms with Gasteiger partial charge in [0.05, 0.1) is 47.2 Å². The average Bonchev–Trinajstić information content (AvgIpc) is 3.28. The lowest BCUT2D eigenvalue weighted by Gasteiger charge is -2.10. The minimum atomic E-state index is -0.522. The largest absolute Gasteiger partial charge is 0.391 e. The Morgan fingerprint density at radius 2 is 2.03 bits per heavy atom. The number of nitrogens with one attached hydrogen (secondary N) is 1. The van der Waals surface area contributed by atoms with Crippen molar-refractivity contribution in [1.29, 1.82) is 0 Å². The first-order valence-corrected chi connectivity index (χ1v) is 12.4. The number of aliphatic hydroxyl groups is 1. The number of fused-ring (bicyclic) bond motifs is 1. The number of tetrazole rings is 1. The first-order chi connectivity index (χ1) is 18.3. The van der Waals surface area contributed by atoms with Crippen LogP contribution in [0.3, 0.4) is 0 Å². The van der Waals surface area contributed by atoms with Gasteiger partial charge in [0.2, 0.25) is 5.82 Å². The van der Waals surface area contributed by atoms with Crippen molar-refractivity contribution in [2.75, 3.05) is 5.32 Å². The van der Waals surface area contributed by atoms with Crippen molar-refractivity contribution in [3.63, 3.8) is 0 Å². The van der Waals surface area contributed by atoms with E-state index < -0.39 is 11.9 Å². The Hall–Kier alpha value is -4.45. The van der Waals surface area contributed by atoms with Crippen LogP contribution in [-0.4, -0.2) is 56.7 Å². The molecule has 6 rings (SSSR count). The van der Waals surface area contributed by atoms with Gasteiger partial charge >= 0.3 is 0 Å². The summed E-state index contributed by atoms with van der Waals surface area (Å²) in [6.45, 7) is 5.71. The standard InChI is InChI=1S/C26H26FN9O2/c1-14-8-22(27)19(25-30-33-36(32-25)18-4-5-18)10-23(14)29-26(38)20-11-28-35-7-6-17(9-24(20)35)21-13-34(12-15(2)37)31-16(21)3/h6-11,13,15,18,37H,4-5,12H2,1-3H3,(H,29,38). The molecule has 1 atom stereocenters. The second-order valence-corrected chi connectivity index (χ2v) is 9.77. The van der Waals surface area contributed by atoms with Gasteiger partial charge in [0.25, 0.3) is 5.91 Å². The van der Waals surface area contributed by atoms with Crippen LogP contribution >= 0.6 is 0 Å². The molecule has 2 N–H and O–H groups in total. The lowest BCUT2D eigenvalue weighted by Crippen LogP contribution is -2.13. The zero-order chi connectivity index (χ0) is 26.6. The third-order valence-corrected chi connectivity index (χ3v) is 6.58. The van der Waals surface area contributed by atoms with Crippen LogP contribution in [-0.2, 0) is 6.54 Å². The molecule has 0 spiro atoms. The van der Waals surface area contributed by atoms with Crippen LogP contribution in [0.15, 0.2) is 42.9 Å². The predicted molar refractivity (Wildman–Crippen MR) is 137 cm³/mol. The molecule has 0 aliphatic heterocycles. The number of pyridine rings is 1. The fourth-order valence-corrected chi connectivity index (χ4v) is 4.45. The number of benzene rings is 1. The van der Waals surface area contributed by atoms with Gasteiger partial charge in [-0.2, -0.15) is 15.0 Å². The van der Waals surface area contributed by atoms with Crippen molar-refractivity contribution in [2.24, 2.45) is 0 Å². The summed E-state index contributed by atoms with van der Waals surface area (Å²) >= 11 is 0. The number of anilines is 1. The van der Waals surface area contributed by atoms with Crippen LogP contribution in [0.2, 0.25) is 0 Å². The number of rotatable bonds is 7. The van der Waals surface area contributed by atoms with Crippen LogP contribution in [0.4, 0.5) is 10.1 Å². The maximum atomic E-state index is 14.8. The Morgan fingerprint density at radius 3 is 2.79 bits per heavy atom. The zero-order valence-electron chi connectivity index (χ0n) is 21.1. The van der Waals surface area contributed by atoms with Gasteiger partial charge in [-0.3, -0.25) is 9.48 Å². The number of hydrogen-bond donors (Lipinski definition) is 2. The molecule has 1 aromatic carbocycles. The lowest BCUT2D eigenvalue weighted by molar-refractivity contribution is 0.102. The van der Waals surface area contributed by atoms with Gasteiger partial charge in [0, 0.05) is 23.6 Å². The Balaban J connectivity index is 1.30. The molecule has 4 aromatic heterocycles. The molecule has 0 saturated heterocycles. The quantitative estimate of drug-likeness (QED) is 0.339. The van der Waals surface area contributed by atoms with Crippen LogP contribution in [0.5, 0.6) is 0 Å². The highest BCUT2D eigenvalue weighted by molar-refractivity contribution is 6.09. The summed E-state index contributed by atoms with van der Waals surface area (Å²) in [7, 11) is 0. The average molecular weight is 516 g/mol. The summed E-state index contributed by atoms with van der Waals surface area (Å²) < 4.78 is 18.1. The maximum Gasteiger partial charge on any atom is 0.259 e. The molecule has 0 radical (unpaired) electrons. The van der Waals surface area contributed by atoms with Crippen molar-refractivity contribution in [3.05, 3.63) is 65.5 Å². The van der Waals surface area contributed by atoms with E-state index in [-0.39, 0.29) is 23.3 Å². The van der Waals surface area contributed by atoms with Gasteiger partial charge in [-0.25, -0.2) is 8.91 Å². The molecule has 1 saturated carbocycles. The molecule has 4 heterocycles. The molecular formula is C26H26FN9O2. The van der Waals surface area contributed by atoms with Crippen molar-refractivity contribution < 1.29 is 14.3 Å².